The lowest BCUT2D eigenvalue weighted by Gasteiger charge is -2.22. The molecule has 1 amide bonds. The Kier molecular flexibility index (Phi) is 4.12. The predicted molar refractivity (Wildman–Crippen MR) is 77.5 cm³/mol. The summed E-state index contributed by atoms with van der Waals surface area (Å²) >= 11 is 0. The molecule has 108 valence electrons. The van der Waals surface area contributed by atoms with E-state index in [4.69, 9.17) is 4.74 Å². The van der Waals surface area contributed by atoms with Crippen molar-refractivity contribution in [3.8, 4) is 0 Å². The molecule has 20 heavy (non-hydrogen) atoms. The van der Waals surface area contributed by atoms with Crippen LogP contribution >= 0.6 is 0 Å². The van der Waals surface area contributed by atoms with E-state index >= 15 is 0 Å². The summed E-state index contributed by atoms with van der Waals surface area (Å²) in [5.41, 5.74) is 1.77. The van der Waals surface area contributed by atoms with E-state index in [9.17, 15) is 9.59 Å². The molecular formula is C16H21NO3. The Balaban J connectivity index is 1.95. The van der Waals surface area contributed by atoms with Gasteiger partial charge < -0.3 is 10.1 Å². The Morgan fingerprint density at radius 1 is 1.25 bits per heavy atom. The summed E-state index contributed by atoms with van der Waals surface area (Å²) in [6.07, 6.45) is 1.76. The molecule has 4 heteroatoms. The molecule has 0 unspecified atom stereocenters. The second-order valence-corrected chi connectivity index (χ2v) is 6.23. The van der Waals surface area contributed by atoms with Crippen LogP contribution in [0.2, 0.25) is 0 Å². The van der Waals surface area contributed by atoms with Gasteiger partial charge in [-0.3, -0.25) is 9.59 Å². The molecule has 1 fully saturated rings. The number of rotatable bonds is 4. The zero-order valence-electron chi connectivity index (χ0n) is 12.2. The van der Waals surface area contributed by atoms with Crippen LogP contribution in [0.3, 0.4) is 0 Å². The largest absolute Gasteiger partial charge is 0.455 e. The van der Waals surface area contributed by atoms with Crippen LogP contribution in [0.1, 0.15) is 39.2 Å². The van der Waals surface area contributed by atoms with Crippen LogP contribution in [-0.4, -0.2) is 18.5 Å². The summed E-state index contributed by atoms with van der Waals surface area (Å²) in [7, 11) is 0. The normalized spacial score (nSPS) is 14.8. The van der Waals surface area contributed by atoms with Gasteiger partial charge in [-0.25, -0.2) is 0 Å². The molecule has 0 heterocycles. The van der Waals surface area contributed by atoms with Crippen LogP contribution in [0, 0.1) is 5.92 Å². The summed E-state index contributed by atoms with van der Waals surface area (Å²) in [5.74, 6) is -0.537. The SMILES string of the molecule is CC(C)(C)c1ccccc1NC(=O)COC(=O)C1CC1. The first kappa shape index (κ1) is 14.6. The van der Waals surface area contributed by atoms with E-state index in [-0.39, 0.29) is 29.8 Å². The Bertz CT molecular complexity index is 513. The molecule has 0 aliphatic heterocycles. The standard InChI is InChI=1S/C16H21NO3/c1-16(2,3)12-6-4-5-7-13(12)17-14(18)10-20-15(19)11-8-9-11/h4-7,11H,8-10H2,1-3H3,(H,17,18). The molecule has 1 aliphatic carbocycles. The maximum absolute atomic E-state index is 11.9. The molecule has 0 spiro atoms. The van der Waals surface area contributed by atoms with Gasteiger partial charge in [0.2, 0.25) is 0 Å². The van der Waals surface area contributed by atoms with Crippen LogP contribution in [0.25, 0.3) is 0 Å². The number of carbonyl (C=O) groups is 2. The molecule has 1 aromatic rings. The summed E-state index contributed by atoms with van der Waals surface area (Å²) < 4.78 is 4.97. The van der Waals surface area contributed by atoms with E-state index in [1.54, 1.807) is 0 Å². The summed E-state index contributed by atoms with van der Waals surface area (Å²) in [4.78, 5) is 23.2. The van der Waals surface area contributed by atoms with E-state index in [0.29, 0.717) is 0 Å². The minimum atomic E-state index is -0.296. The third kappa shape index (κ3) is 3.83. The van der Waals surface area contributed by atoms with Gasteiger partial charge in [-0.15, -0.1) is 0 Å². The van der Waals surface area contributed by atoms with Crippen molar-refractivity contribution >= 4 is 17.6 Å². The van der Waals surface area contributed by atoms with Crippen LogP contribution < -0.4 is 5.32 Å². The number of hydrogen-bond donors (Lipinski definition) is 1. The molecule has 0 radical (unpaired) electrons. The van der Waals surface area contributed by atoms with Gasteiger partial charge in [0.25, 0.3) is 5.91 Å². The molecule has 1 N–H and O–H groups in total. The first-order valence-electron chi connectivity index (χ1n) is 6.94. The van der Waals surface area contributed by atoms with E-state index in [1.165, 1.54) is 0 Å². The molecule has 1 aliphatic rings. The van der Waals surface area contributed by atoms with Crippen molar-refractivity contribution in [3.63, 3.8) is 0 Å². The highest BCUT2D eigenvalue weighted by Crippen LogP contribution is 2.30. The quantitative estimate of drug-likeness (QED) is 0.860. The number of para-hydroxylation sites is 1. The molecule has 2 rings (SSSR count). The van der Waals surface area contributed by atoms with Gasteiger partial charge in [-0.2, -0.15) is 0 Å². The maximum Gasteiger partial charge on any atom is 0.309 e. The monoisotopic (exact) mass is 275 g/mol. The van der Waals surface area contributed by atoms with E-state index < -0.39 is 0 Å². The lowest BCUT2D eigenvalue weighted by atomic mass is 9.86. The molecule has 0 bridgehead atoms. The van der Waals surface area contributed by atoms with Gasteiger partial charge in [0.15, 0.2) is 6.61 Å². The highest BCUT2D eigenvalue weighted by molar-refractivity contribution is 5.93. The van der Waals surface area contributed by atoms with E-state index in [2.05, 4.69) is 26.1 Å². The highest BCUT2D eigenvalue weighted by atomic mass is 16.5. The number of carbonyl (C=O) groups excluding carboxylic acids is 2. The third-order valence-corrected chi connectivity index (χ3v) is 3.27. The number of benzene rings is 1. The average molecular weight is 275 g/mol. The number of esters is 1. The summed E-state index contributed by atoms with van der Waals surface area (Å²) in [6.45, 7) is 6.05. The molecule has 1 aromatic carbocycles. The highest BCUT2D eigenvalue weighted by Gasteiger charge is 2.31. The summed E-state index contributed by atoms with van der Waals surface area (Å²) in [6, 6.07) is 7.68. The van der Waals surface area contributed by atoms with Crippen LogP contribution in [0.15, 0.2) is 24.3 Å². The average Bonchev–Trinajstić information content (AvgIpc) is 3.19. The topological polar surface area (TPSA) is 55.4 Å². The molecule has 0 aromatic heterocycles. The van der Waals surface area contributed by atoms with Gasteiger partial charge in [0, 0.05) is 5.69 Å². The molecule has 1 saturated carbocycles. The molecule has 0 atom stereocenters. The first-order chi connectivity index (χ1) is 9.38. The maximum atomic E-state index is 11.9. The summed E-state index contributed by atoms with van der Waals surface area (Å²) in [5, 5.41) is 2.82. The number of nitrogens with one attached hydrogen (secondary N) is 1. The zero-order valence-corrected chi connectivity index (χ0v) is 12.2. The second kappa shape index (κ2) is 5.65. The lowest BCUT2D eigenvalue weighted by molar-refractivity contribution is -0.148. The predicted octanol–water partition coefficient (Wildman–Crippen LogP) is 2.88. The smallest absolute Gasteiger partial charge is 0.309 e. The van der Waals surface area contributed by atoms with Gasteiger partial charge in [-0.1, -0.05) is 39.0 Å². The first-order valence-corrected chi connectivity index (χ1v) is 6.94. The van der Waals surface area contributed by atoms with Crippen LogP contribution in [0.5, 0.6) is 0 Å². The van der Waals surface area contributed by atoms with Crippen molar-refractivity contribution in [1.29, 1.82) is 0 Å². The lowest BCUT2D eigenvalue weighted by Crippen LogP contribution is -2.23. The van der Waals surface area contributed by atoms with Gasteiger partial charge in [0.1, 0.15) is 0 Å². The number of anilines is 1. The minimum absolute atomic E-state index is 0.0182. The van der Waals surface area contributed by atoms with E-state index in [1.807, 2.05) is 24.3 Å². The van der Waals surface area contributed by atoms with Crippen molar-refractivity contribution < 1.29 is 14.3 Å². The van der Waals surface area contributed by atoms with Gasteiger partial charge in [0.05, 0.1) is 5.92 Å². The Morgan fingerprint density at radius 3 is 2.50 bits per heavy atom. The Morgan fingerprint density at radius 2 is 1.90 bits per heavy atom. The van der Waals surface area contributed by atoms with Gasteiger partial charge in [-0.05, 0) is 29.9 Å². The number of amides is 1. The fourth-order valence-electron chi connectivity index (χ4n) is 2.01. The Labute approximate surface area is 119 Å². The third-order valence-electron chi connectivity index (χ3n) is 3.27. The van der Waals surface area contributed by atoms with Crippen molar-refractivity contribution in [2.24, 2.45) is 5.92 Å². The van der Waals surface area contributed by atoms with Gasteiger partial charge >= 0.3 is 5.97 Å². The van der Waals surface area contributed by atoms with Crippen molar-refractivity contribution in [2.75, 3.05) is 11.9 Å². The second-order valence-electron chi connectivity index (χ2n) is 6.23. The number of ether oxygens (including phenoxy) is 1. The molecular weight excluding hydrogens is 254 g/mol. The fourth-order valence-corrected chi connectivity index (χ4v) is 2.01. The van der Waals surface area contributed by atoms with Crippen molar-refractivity contribution in [3.05, 3.63) is 29.8 Å². The van der Waals surface area contributed by atoms with Crippen molar-refractivity contribution in [2.45, 2.75) is 39.0 Å². The van der Waals surface area contributed by atoms with E-state index in [0.717, 1.165) is 24.1 Å². The van der Waals surface area contributed by atoms with Crippen LogP contribution in [0.4, 0.5) is 5.69 Å². The molecule has 0 saturated heterocycles. The number of hydrogen-bond acceptors (Lipinski definition) is 3. The van der Waals surface area contributed by atoms with Crippen LogP contribution in [-0.2, 0) is 19.7 Å². The fraction of sp³-hybridized carbons (Fsp3) is 0.500. The Hall–Kier alpha value is -1.84. The minimum Gasteiger partial charge on any atom is -0.455 e. The molecule has 4 nitrogen and oxygen atoms in total. The van der Waals surface area contributed by atoms with Crippen molar-refractivity contribution in [1.82, 2.24) is 0 Å². The zero-order chi connectivity index (χ0) is 14.8.